The summed E-state index contributed by atoms with van der Waals surface area (Å²) < 4.78 is 1.70. The van der Waals surface area contributed by atoms with Crippen molar-refractivity contribution in [3.05, 3.63) is 46.7 Å². The molecule has 0 bridgehead atoms. The molecule has 2 heterocycles. The average molecular weight is 333 g/mol. The molecule has 0 unspecified atom stereocenters. The van der Waals surface area contributed by atoms with Gasteiger partial charge in [-0.1, -0.05) is 29.8 Å². The third-order valence-corrected chi connectivity index (χ3v) is 4.70. The maximum Gasteiger partial charge on any atom is 0.273 e. The minimum absolute atomic E-state index is 0.0230. The monoisotopic (exact) mass is 332 g/mol. The second kappa shape index (κ2) is 6.62. The standard InChI is InChI=1S/C17H21ClN4O/c1-3-22-16(15(18)13(2)19-22)17(23)21-11-9-20(10-12-21)14-7-5-4-6-8-14/h4-8H,3,9-12H2,1-2H3. The number of hydrogen-bond acceptors (Lipinski definition) is 3. The van der Waals surface area contributed by atoms with Crippen molar-refractivity contribution < 1.29 is 4.79 Å². The van der Waals surface area contributed by atoms with Gasteiger partial charge >= 0.3 is 0 Å². The van der Waals surface area contributed by atoms with Crippen LogP contribution in [0.3, 0.4) is 0 Å². The van der Waals surface area contributed by atoms with Gasteiger partial charge in [0.15, 0.2) is 0 Å². The minimum Gasteiger partial charge on any atom is -0.368 e. The van der Waals surface area contributed by atoms with Gasteiger partial charge in [-0.25, -0.2) is 0 Å². The summed E-state index contributed by atoms with van der Waals surface area (Å²) in [6.45, 7) is 7.47. The van der Waals surface area contributed by atoms with E-state index in [9.17, 15) is 4.79 Å². The van der Waals surface area contributed by atoms with Crippen molar-refractivity contribution in [1.82, 2.24) is 14.7 Å². The molecule has 5 nitrogen and oxygen atoms in total. The highest BCUT2D eigenvalue weighted by Crippen LogP contribution is 2.23. The van der Waals surface area contributed by atoms with Gasteiger partial charge in [0, 0.05) is 38.4 Å². The van der Waals surface area contributed by atoms with E-state index < -0.39 is 0 Å². The SMILES string of the molecule is CCn1nc(C)c(Cl)c1C(=O)N1CCN(c2ccccc2)CC1. The van der Waals surface area contributed by atoms with Gasteiger partial charge in [-0.2, -0.15) is 5.10 Å². The molecule has 2 aromatic rings. The minimum atomic E-state index is -0.0230. The molecule has 1 aliphatic heterocycles. The number of para-hydroxylation sites is 1. The van der Waals surface area contributed by atoms with E-state index >= 15 is 0 Å². The Bertz CT molecular complexity index is 690. The van der Waals surface area contributed by atoms with Gasteiger partial charge in [0.2, 0.25) is 0 Å². The van der Waals surface area contributed by atoms with Gasteiger partial charge in [-0.3, -0.25) is 9.48 Å². The molecule has 1 saturated heterocycles. The zero-order valence-electron chi connectivity index (χ0n) is 13.5. The number of aromatic nitrogens is 2. The predicted molar refractivity (Wildman–Crippen MR) is 92.2 cm³/mol. The summed E-state index contributed by atoms with van der Waals surface area (Å²) >= 11 is 6.29. The van der Waals surface area contributed by atoms with Crippen LogP contribution in [0.1, 0.15) is 23.1 Å². The predicted octanol–water partition coefficient (Wildman–Crippen LogP) is 2.83. The highest BCUT2D eigenvalue weighted by Gasteiger charge is 2.27. The van der Waals surface area contributed by atoms with Gasteiger partial charge in [0.1, 0.15) is 5.69 Å². The van der Waals surface area contributed by atoms with Gasteiger partial charge in [-0.05, 0) is 26.0 Å². The fourth-order valence-electron chi connectivity index (χ4n) is 2.95. The normalized spacial score (nSPS) is 15.1. The molecule has 1 fully saturated rings. The van der Waals surface area contributed by atoms with E-state index in [2.05, 4.69) is 22.1 Å². The first kappa shape index (κ1) is 15.9. The van der Waals surface area contributed by atoms with E-state index in [-0.39, 0.29) is 5.91 Å². The number of carbonyl (C=O) groups is 1. The zero-order valence-corrected chi connectivity index (χ0v) is 14.3. The number of hydrogen-bond donors (Lipinski definition) is 0. The van der Waals surface area contributed by atoms with Crippen LogP contribution in [-0.4, -0.2) is 46.8 Å². The molecule has 1 aromatic carbocycles. The summed E-state index contributed by atoms with van der Waals surface area (Å²) in [5.74, 6) is -0.0230. The maximum absolute atomic E-state index is 12.8. The van der Waals surface area contributed by atoms with Crippen molar-refractivity contribution in [3.63, 3.8) is 0 Å². The second-order valence-corrected chi connectivity index (χ2v) is 6.06. The molecule has 1 aliphatic rings. The Kier molecular flexibility index (Phi) is 4.57. The summed E-state index contributed by atoms with van der Waals surface area (Å²) in [4.78, 5) is 17.0. The van der Waals surface area contributed by atoms with E-state index in [0.717, 1.165) is 13.1 Å². The molecule has 0 spiro atoms. The van der Waals surface area contributed by atoms with Crippen LogP contribution in [0.25, 0.3) is 0 Å². The molecular weight excluding hydrogens is 312 g/mol. The first-order valence-corrected chi connectivity index (χ1v) is 8.31. The van der Waals surface area contributed by atoms with E-state index in [0.29, 0.717) is 36.0 Å². The number of anilines is 1. The van der Waals surface area contributed by atoms with Crippen molar-refractivity contribution in [2.75, 3.05) is 31.1 Å². The molecule has 0 atom stereocenters. The Morgan fingerprint density at radius 2 is 1.83 bits per heavy atom. The Balaban J connectivity index is 1.72. The lowest BCUT2D eigenvalue weighted by atomic mass is 10.2. The number of carbonyl (C=O) groups excluding carboxylic acids is 1. The van der Waals surface area contributed by atoms with E-state index in [1.807, 2.05) is 36.9 Å². The summed E-state index contributed by atoms with van der Waals surface area (Å²) in [7, 11) is 0. The zero-order chi connectivity index (χ0) is 16.4. The van der Waals surface area contributed by atoms with Crippen LogP contribution in [0.5, 0.6) is 0 Å². The number of aryl methyl sites for hydroxylation is 2. The Labute approximate surface area is 141 Å². The van der Waals surface area contributed by atoms with Crippen molar-refractivity contribution >= 4 is 23.2 Å². The molecule has 0 aliphatic carbocycles. The van der Waals surface area contributed by atoms with Crippen LogP contribution in [-0.2, 0) is 6.54 Å². The van der Waals surface area contributed by atoms with Crippen LogP contribution in [0.2, 0.25) is 5.02 Å². The highest BCUT2D eigenvalue weighted by molar-refractivity contribution is 6.34. The van der Waals surface area contributed by atoms with E-state index in [4.69, 9.17) is 11.6 Å². The number of rotatable bonds is 3. The third-order valence-electron chi connectivity index (χ3n) is 4.24. The first-order chi connectivity index (χ1) is 11.1. The van der Waals surface area contributed by atoms with Crippen LogP contribution in [0.15, 0.2) is 30.3 Å². The largest absolute Gasteiger partial charge is 0.368 e. The molecule has 0 radical (unpaired) electrons. The molecule has 3 rings (SSSR count). The lowest BCUT2D eigenvalue weighted by Crippen LogP contribution is -2.49. The van der Waals surface area contributed by atoms with Crippen molar-refractivity contribution in [2.24, 2.45) is 0 Å². The lowest BCUT2D eigenvalue weighted by molar-refractivity contribution is 0.0734. The van der Waals surface area contributed by atoms with Crippen molar-refractivity contribution in [1.29, 1.82) is 0 Å². The van der Waals surface area contributed by atoms with Crippen LogP contribution < -0.4 is 4.90 Å². The molecular formula is C17H21ClN4O. The molecule has 0 saturated carbocycles. The van der Waals surface area contributed by atoms with Crippen molar-refractivity contribution in [3.8, 4) is 0 Å². The number of piperazine rings is 1. The lowest BCUT2D eigenvalue weighted by Gasteiger charge is -2.36. The van der Waals surface area contributed by atoms with Crippen LogP contribution in [0, 0.1) is 6.92 Å². The number of nitrogens with zero attached hydrogens (tertiary/aromatic N) is 4. The van der Waals surface area contributed by atoms with Crippen LogP contribution in [0.4, 0.5) is 5.69 Å². The number of amides is 1. The second-order valence-electron chi connectivity index (χ2n) is 5.68. The van der Waals surface area contributed by atoms with E-state index in [1.165, 1.54) is 5.69 Å². The fourth-order valence-corrected chi connectivity index (χ4v) is 3.17. The Morgan fingerprint density at radius 3 is 2.43 bits per heavy atom. The van der Waals surface area contributed by atoms with Gasteiger partial charge in [0.25, 0.3) is 5.91 Å². The number of benzene rings is 1. The smallest absolute Gasteiger partial charge is 0.273 e. The highest BCUT2D eigenvalue weighted by atomic mass is 35.5. The Morgan fingerprint density at radius 1 is 1.17 bits per heavy atom. The van der Waals surface area contributed by atoms with Gasteiger partial charge in [0.05, 0.1) is 10.7 Å². The Hall–Kier alpha value is -2.01. The molecule has 0 N–H and O–H groups in total. The fraction of sp³-hybridized carbons (Fsp3) is 0.412. The van der Waals surface area contributed by atoms with Gasteiger partial charge in [-0.15, -0.1) is 0 Å². The first-order valence-electron chi connectivity index (χ1n) is 7.94. The molecule has 23 heavy (non-hydrogen) atoms. The topological polar surface area (TPSA) is 41.4 Å². The summed E-state index contributed by atoms with van der Waals surface area (Å²) in [5, 5.41) is 4.81. The molecule has 122 valence electrons. The van der Waals surface area contributed by atoms with Crippen LogP contribution >= 0.6 is 11.6 Å². The summed E-state index contributed by atoms with van der Waals surface area (Å²) in [5.41, 5.74) is 2.42. The quantitative estimate of drug-likeness (QED) is 0.868. The average Bonchev–Trinajstić information content (AvgIpc) is 2.89. The van der Waals surface area contributed by atoms with E-state index in [1.54, 1.807) is 4.68 Å². The molecule has 6 heteroatoms. The maximum atomic E-state index is 12.8. The van der Waals surface area contributed by atoms with Gasteiger partial charge < -0.3 is 9.80 Å². The third kappa shape index (κ3) is 3.06. The molecule has 1 aromatic heterocycles. The molecule has 1 amide bonds. The number of halogens is 1. The van der Waals surface area contributed by atoms with Crippen molar-refractivity contribution in [2.45, 2.75) is 20.4 Å². The summed E-state index contributed by atoms with van der Waals surface area (Å²) in [6.07, 6.45) is 0. The summed E-state index contributed by atoms with van der Waals surface area (Å²) in [6, 6.07) is 10.3.